The third kappa shape index (κ3) is 2.73. The summed E-state index contributed by atoms with van der Waals surface area (Å²) in [4.78, 5) is 10.9. The standard InChI is InChI=1S/C12H11BrN2O/c13-10-5-9(6-11(14)7-10)8-15-3-1-12(16)2-4-15/h1-7H,8,14H2. The van der Waals surface area contributed by atoms with Gasteiger partial charge >= 0.3 is 0 Å². The van der Waals surface area contributed by atoms with E-state index in [2.05, 4.69) is 15.9 Å². The molecule has 0 spiro atoms. The zero-order valence-electron chi connectivity index (χ0n) is 8.56. The Kier molecular flexibility index (Phi) is 3.10. The van der Waals surface area contributed by atoms with Crippen LogP contribution in [0.3, 0.4) is 0 Å². The lowest BCUT2D eigenvalue weighted by Crippen LogP contribution is -2.05. The van der Waals surface area contributed by atoms with Crippen LogP contribution in [0, 0.1) is 0 Å². The Morgan fingerprint density at radius 2 is 1.88 bits per heavy atom. The van der Waals surface area contributed by atoms with Gasteiger partial charge in [0.15, 0.2) is 5.43 Å². The molecule has 0 aliphatic rings. The molecule has 3 nitrogen and oxygen atoms in total. The molecule has 16 heavy (non-hydrogen) atoms. The van der Waals surface area contributed by atoms with E-state index in [1.807, 2.05) is 22.8 Å². The average molecular weight is 279 g/mol. The van der Waals surface area contributed by atoms with E-state index >= 15 is 0 Å². The highest BCUT2D eigenvalue weighted by Crippen LogP contribution is 2.17. The highest BCUT2D eigenvalue weighted by molar-refractivity contribution is 9.10. The molecule has 0 radical (unpaired) electrons. The normalized spacial score (nSPS) is 10.3. The van der Waals surface area contributed by atoms with Crippen LogP contribution in [0.15, 0.2) is 52.0 Å². The molecule has 0 aliphatic carbocycles. The summed E-state index contributed by atoms with van der Waals surface area (Å²) in [5.74, 6) is 0. The fourth-order valence-corrected chi connectivity index (χ4v) is 2.08. The van der Waals surface area contributed by atoms with Crippen LogP contribution in [0.1, 0.15) is 5.56 Å². The number of halogens is 1. The van der Waals surface area contributed by atoms with E-state index in [9.17, 15) is 4.79 Å². The lowest BCUT2D eigenvalue weighted by Gasteiger charge is -2.07. The van der Waals surface area contributed by atoms with Crippen LogP contribution in [-0.2, 0) is 6.54 Å². The van der Waals surface area contributed by atoms with Gasteiger partial charge in [-0.15, -0.1) is 0 Å². The van der Waals surface area contributed by atoms with Crippen LogP contribution >= 0.6 is 15.9 Å². The zero-order chi connectivity index (χ0) is 11.5. The maximum Gasteiger partial charge on any atom is 0.181 e. The zero-order valence-corrected chi connectivity index (χ0v) is 10.1. The SMILES string of the molecule is Nc1cc(Br)cc(Cn2ccc(=O)cc2)c1. The smallest absolute Gasteiger partial charge is 0.181 e. The number of anilines is 1. The number of rotatable bonds is 2. The third-order valence-corrected chi connectivity index (χ3v) is 2.66. The number of nitrogen functional groups attached to an aromatic ring is 1. The van der Waals surface area contributed by atoms with Crippen molar-refractivity contribution < 1.29 is 0 Å². The van der Waals surface area contributed by atoms with Crippen molar-refractivity contribution in [3.05, 3.63) is 63.0 Å². The first kappa shape index (κ1) is 11.0. The van der Waals surface area contributed by atoms with Gasteiger partial charge in [0.2, 0.25) is 0 Å². The van der Waals surface area contributed by atoms with Crippen LogP contribution in [-0.4, -0.2) is 4.57 Å². The Morgan fingerprint density at radius 3 is 2.50 bits per heavy atom. The highest BCUT2D eigenvalue weighted by Gasteiger charge is 1.97. The van der Waals surface area contributed by atoms with Gasteiger partial charge in [0, 0.05) is 41.2 Å². The second-order valence-electron chi connectivity index (χ2n) is 3.60. The minimum Gasteiger partial charge on any atom is -0.399 e. The molecule has 0 atom stereocenters. The van der Waals surface area contributed by atoms with Crippen LogP contribution in [0.2, 0.25) is 0 Å². The Morgan fingerprint density at radius 1 is 1.19 bits per heavy atom. The number of hydrogen-bond donors (Lipinski definition) is 1. The molecule has 0 fully saturated rings. The second-order valence-corrected chi connectivity index (χ2v) is 4.51. The maximum absolute atomic E-state index is 10.9. The predicted molar refractivity (Wildman–Crippen MR) is 68.4 cm³/mol. The number of pyridine rings is 1. The van der Waals surface area contributed by atoms with Crippen LogP contribution in [0.4, 0.5) is 5.69 Å². The lowest BCUT2D eigenvalue weighted by atomic mass is 10.2. The number of aromatic nitrogens is 1. The summed E-state index contributed by atoms with van der Waals surface area (Å²) in [5.41, 5.74) is 7.59. The first-order valence-corrected chi connectivity index (χ1v) is 5.64. The van der Waals surface area contributed by atoms with Gasteiger partial charge in [-0.05, 0) is 23.8 Å². The minimum atomic E-state index is 0.0185. The molecule has 2 N–H and O–H groups in total. The third-order valence-electron chi connectivity index (χ3n) is 2.21. The topological polar surface area (TPSA) is 48.0 Å². The van der Waals surface area contributed by atoms with Gasteiger partial charge in [-0.2, -0.15) is 0 Å². The van der Waals surface area contributed by atoms with Crippen molar-refractivity contribution >= 4 is 21.6 Å². The van der Waals surface area contributed by atoms with Gasteiger partial charge in [0.1, 0.15) is 0 Å². The summed E-state index contributed by atoms with van der Waals surface area (Å²) in [6, 6.07) is 8.87. The van der Waals surface area contributed by atoms with Crippen molar-refractivity contribution in [3.63, 3.8) is 0 Å². The van der Waals surface area contributed by atoms with E-state index in [1.165, 1.54) is 0 Å². The Bertz CT molecular complexity index is 522. The van der Waals surface area contributed by atoms with Gasteiger partial charge < -0.3 is 10.3 Å². The van der Waals surface area contributed by atoms with Gasteiger partial charge in [-0.1, -0.05) is 15.9 Å². The van der Waals surface area contributed by atoms with Crippen molar-refractivity contribution in [1.29, 1.82) is 0 Å². The quantitative estimate of drug-likeness (QED) is 0.857. The molecule has 4 heteroatoms. The summed E-state index contributed by atoms with van der Waals surface area (Å²) in [7, 11) is 0. The molecular formula is C12H11BrN2O. The molecule has 0 amide bonds. The minimum absolute atomic E-state index is 0.0185. The summed E-state index contributed by atoms with van der Waals surface area (Å²) in [6.45, 7) is 0.698. The fourth-order valence-electron chi connectivity index (χ4n) is 1.53. The second kappa shape index (κ2) is 4.53. The van der Waals surface area contributed by atoms with Gasteiger partial charge in [-0.3, -0.25) is 4.79 Å². The molecule has 0 aliphatic heterocycles. The molecule has 1 heterocycles. The number of benzene rings is 1. The Labute approximate surface area is 102 Å². The monoisotopic (exact) mass is 278 g/mol. The van der Waals surface area contributed by atoms with Gasteiger partial charge in [0.05, 0.1) is 0 Å². The number of nitrogens with two attached hydrogens (primary N) is 1. The van der Waals surface area contributed by atoms with Crippen molar-refractivity contribution in [1.82, 2.24) is 4.57 Å². The summed E-state index contributed by atoms with van der Waals surface area (Å²) in [5, 5.41) is 0. The number of hydrogen-bond acceptors (Lipinski definition) is 2. The van der Waals surface area contributed by atoms with Crippen LogP contribution in [0.25, 0.3) is 0 Å². The van der Waals surface area contributed by atoms with E-state index in [1.54, 1.807) is 24.5 Å². The Hall–Kier alpha value is -1.55. The molecule has 1 aromatic heterocycles. The maximum atomic E-state index is 10.9. The van der Waals surface area contributed by atoms with Crippen molar-refractivity contribution in [3.8, 4) is 0 Å². The summed E-state index contributed by atoms with van der Waals surface area (Å²) >= 11 is 3.40. The molecular weight excluding hydrogens is 268 g/mol. The molecule has 1 aromatic carbocycles. The van der Waals surface area contributed by atoms with E-state index in [4.69, 9.17) is 5.73 Å². The molecule has 0 bridgehead atoms. The predicted octanol–water partition coefficient (Wildman–Crippen LogP) is 2.24. The molecule has 2 rings (SSSR count). The van der Waals surface area contributed by atoms with Crippen LogP contribution < -0.4 is 11.2 Å². The molecule has 0 saturated carbocycles. The van der Waals surface area contributed by atoms with E-state index in [0.29, 0.717) is 6.54 Å². The van der Waals surface area contributed by atoms with Gasteiger partial charge in [0.25, 0.3) is 0 Å². The van der Waals surface area contributed by atoms with E-state index in [0.717, 1.165) is 15.7 Å². The molecule has 0 unspecified atom stereocenters. The first-order chi connectivity index (χ1) is 7.63. The van der Waals surface area contributed by atoms with Crippen molar-refractivity contribution in [2.45, 2.75) is 6.54 Å². The summed E-state index contributed by atoms with van der Waals surface area (Å²) in [6.07, 6.45) is 3.53. The highest BCUT2D eigenvalue weighted by atomic mass is 79.9. The largest absolute Gasteiger partial charge is 0.399 e. The summed E-state index contributed by atoms with van der Waals surface area (Å²) < 4.78 is 2.89. The van der Waals surface area contributed by atoms with Crippen molar-refractivity contribution in [2.24, 2.45) is 0 Å². The number of nitrogens with zero attached hydrogens (tertiary/aromatic N) is 1. The van der Waals surface area contributed by atoms with Crippen molar-refractivity contribution in [2.75, 3.05) is 5.73 Å². The first-order valence-electron chi connectivity index (χ1n) is 4.84. The van der Waals surface area contributed by atoms with E-state index < -0.39 is 0 Å². The average Bonchev–Trinajstić information content (AvgIpc) is 2.20. The Balaban J connectivity index is 2.26. The molecule has 2 aromatic rings. The van der Waals surface area contributed by atoms with E-state index in [-0.39, 0.29) is 5.43 Å². The fraction of sp³-hybridized carbons (Fsp3) is 0.0833. The van der Waals surface area contributed by atoms with Crippen LogP contribution in [0.5, 0.6) is 0 Å². The molecule has 82 valence electrons. The van der Waals surface area contributed by atoms with Gasteiger partial charge in [-0.25, -0.2) is 0 Å². The molecule has 0 saturated heterocycles. The lowest BCUT2D eigenvalue weighted by molar-refractivity contribution is 0.788.